The van der Waals surface area contributed by atoms with E-state index in [1.807, 2.05) is 26.0 Å². The number of alkyl halides is 1. The van der Waals surface area contributed by atoms with Crippen LogP contribution in [0.5, 0.6) is 0 Å². The van der Waals surface area contributed by atoms with Gasteiger partial charge in [-0.05, 0) is 48.7 Å². The van der Waals surface area contributed by atoms with E-state index in [1.165, 1.54) is 22.3 Å². The predicted octanol–water partition coefficient (Wildman–Crippen LogP) is 4.25. The molecule has 0 saturated heterocycles. The summed E-state index contributed by atoms with van der Waals surface area (Å²) in [7, 11) is 12.7. The van der Waals surface area contributed by atoms with Gasteiger partial charge in [0.25, 0.3) is 0 Å². The van der Waals surface area contributed by atoms with E-state index in [9.17, 15) is 0 Å². The normalized spacial score (nSPS) is 11.6. The highest BCUT2D eigenvalue weighted by Crippen LogP contribution is 2.23. The molecule has 0 radical (unpaired) electrons. The number of hydrogen-bond acceptors (Lipinski definition) is 1. The first kappa shape index (κ1) is 33.5. The second kappa shape index (κ2) is 14.6. The number of quaternary nitrogens is 1. The van der Waals surface area contributed by atoms with Gasteiger partial charge in [0.1, 0.15) is 6.54 Å². The Hall–Kier alpha value is -0.680. The summed E-state index contributed by atoms with van der Waals surface area (Å²) in [6.07, 6.45) is 0. The molecular weight excluding hydrogens is 524 g/mol. The van der Waals surface area contributed by atoms with E-state index in [0.29, 0.717) is 0 Å². The van der Waals surface area contributed by atoms with Gasteiger partial charge >= 0.3 is 0 Å². The number of benzene rings is 2. The van der Waals surface area contributed by atoms with Gasteiger partial charge < -0.3 is 26.4 Å². The molecule has 2 nitrogen and oxygen atoms in total. The molecule has 184 valence electrons. The molecule has 0 amide bonds. The molecule has 2 rings (SSSR count). The van der Waals surface area contributed by atoms with Crippen molar-refractivity contribution in [2.75, 3.05) is 42.3 Å². The Morgan fingerprint density at radius 1 is 0.656 bits per heavy atom. The summed E-state index contributed by atoms with van der Waals surface area (Å²) >= 11 is 3.43. The average Bonchev–Trinajstić information content (AvgIpc) is 2.59. The Bertz CT molecular complexity index is 727. The van der Waals surface area contributed by atoms with Crippen LogP contribution in [0, 0.1) is 0 Å². The standard InChI is InChI=1S/C14H24N.C11H15Br.C3H9N.BrH/c1-14(2,3)13-9-7-12(8-10-13)11-15(4,5)6;1-11(2,3)10-6-4-9(8-12)5-7-10;1-4(2)3;/h7-10H,11H2,1-6H3;4-7H,8H2,1-3H3;1-3H3;1H/q+1;;;/p-1. The third-order valence-corrected chi connectivity index (χ3v) is 5.10. The molecule has 0 aliphatic carbocycles. The largest absolute Gasteiger partial charge is 1.00 e. The van der Waals surface area contributed by atoms with E-state index in [2.05, 4.69) is 127 Å². The van der Waals surface area contributed by atoms with Gasteiger partial charge in [0.15, 0.2) is 0 Å². The lowest BCUT2D eigenvalue weighted by Gasteiger charge is -2.24. The smallest absolute Gasteiger partial charge is 0.104 e. The van der Waals surface area contributed by atoms with Gasteiger partial charge in [-0.25, -0.2) is 0 Å². The lowest BCUT2D eigenvalue weighted by molar-refractivity contribution is -0.884. The molecule has 0 saturated carbocycles. The SMILES string of the molecule is CC(C)(C)c1ccc(CBr)cc1.CC(C)(C)c1ccc(C[N+](C)(C)C)cc1.CN(C)C.[Br-]. The van der Waals surface area contributed by atoms with E-state index >= 15 is 0 Å². The van der Waals surface area contributed by atoms with E-state index in [0.717, 1.165) is 16.4 Å². The van der Waals surface area contributed by atoms with E-state index in [1.54, 1.807) is 0 Å². The maximum atomic E-state index is 3.43. The van der Waals surface area contributed by atoms with Crippen LogP contribution < -0.4 is 17.0 Å². The molecule has 4 heteroatoms. The molecule has 0 bridgehead atoms. The summed E-state index contributed by atoms with van der Waals surface area (Å²) in [5.74, 6) is 0. The van der Waals surface area contributed by atoms with Crippen LogP contribution in [0.1, 0.15) is 63.8 Å². The molecular formula is C28H48Br2N2. The van der Waals surface area contributed by atoms with Crippen molar-refractivity contribution >= 4 is 15.9 Å². The predicted molar refractivity (Wildman–Crippen MR) is 144 cm³/mol. The molecule has 0 aliphatic rings. The van der Waals surface area contributed by atoms with Crippen LogP contribution in [-0.4, -0.2) is 51.7 Å². The zero-order chi connectivity index (χ0) is 24.5. The number of nitrogens with zero attached hydrogens (tertiary/aromatic N) is 2. The van der Waals surface area contributed by atoms with Crippen LogP contribution in [-0.2, 0) is 22.7 Å². The topological polar surface area (TPSA) is 3.24 Å². The average molecular weight is 573 g/mol. The number of halogens is 2. The van der Waals surface area contributed by atoms with Crippen LogP contribution in [0.25, 0.3) is 0 Å². The van der Waals surface area contributed by atoms with Crippen molar-refractivity contribution in [3.8, 4) is 0 Å². The first-order valence-corrected chi connectivity index (χ1v) is 12.2. The second-order valence-corrected chi connectivity index (χ2v) is 12.4. The summed E-state index contributed by atoms with van der Waals surface area (Å²) < 4.78 is 0.981. The van der Waals surface area contributed by atoms with Gasteiger partial charge in [-0.15, -0.1) is 0 Å². The van der Waals surface area contributed by atoms with Gasteiger partial charge in [-0.2, -0.15) is 0 Å². The Morgan fingerprint density at radius 2 is 0.938 bits per heavy atom. The summed E-state index contributed by atoms with van der Waals surface area (Å²) in [4.78, 5) is 2.00. The molecule has 0 N–H and O–H groups in total. The fourth-order valence-corrected chi connectivity index (χ4v) is 3.13. The van der Waals surface area contributed by atoms with E-state index in [4.69, 9.17) is 0 Å². The monoisotopic (exact) mass is 570 g/mol. The maximum Gasteiger partial charge on any atom is 0.104 e. The van der Waals surface area contributed by atoms with Crippen LogP contribution in [0.4, 0.5) is 0 Å². The molecule has 0 aliphatic heterocycles. The van der Waals surface area contributed by atoms with Crippen LogP contribution in [0.2, 0.25) is 0 Å². The van der Waals surface area contributed by atoms with E-state index < -0.39 is 0 Å². The van der Waals surface area contributed by atoms with Crippen molar-refractivity contribution in [1.29, 1.82) is 0 Å². The minimum absolute atomic E-state index is 0. The lowest BCUT2D eigenvalue weighted by Crippen LogP contribution is -3.00. The molecule has 2 aromatic rings. The summed E-state index contributed by atoms with van der Waals surface area (Å²) in [5.41, 5.74) is 6.08. The highest BCUT2D eigenvalue weighted by molar-refractivity contribution is 9.08. The molecule has 0 spiro atoms. The van der Waals surface area contributed by atoms with Crippen molar-refractivity contribution in [2.24, 2.45) is 0 Å². The minimum Gasteiger partial charge on any atom is -1.00 e. The molecule has 0 atom stereocenters. The lowest BCUT2D eigenvalue weighted by atomic mass is 9.87. The quantitative estimate of drug-likeness (QED) is 0.393. The zero-order valence-corrected chi connectivity index (χ0v) is 25.9. The van der Waals surface area contributed by atoms with E-state index in [-0.39, 0.29) is 27.8 Å². The summed E-state index contributed by atoms with van der Waals surface area (Å²) in [6.45, 7) is 14.5. The molecule has 0 fully saturated rings. The maximum absolute atomic E-state index is 3.43. The first-order valence-electron chi connectivity index (χ1n) is 11.1. The Morgan fingerprint density at radius 3 is 1.16 bits per heavy atom. The van der Waals surface area contributed by atoms with Gasteiger partial charge in [0, 0.05) is 10.9 Å². The third kappa shape index (κ3) is 16.0. The zero-order valence-electron chi connectivity index (χ0n) is 22.7. The van der Waals surface area contributed by atoms with Crippen molar-refractivity contribution in [3.05, 3.63) is 70.8 Å². The molecule has 0 aromatic heterocycles. The van der Waals surface area contributed by atoms with Gasteiger partial charge in [-0.1, -0.05) is 106 Å². The van der Waals surface area contributed by atoms with Gasteiger partial charge in [0.2, 0.25) is 0 Å². The Kier molecular flexibility index (Phi) is 15.2. The molecule has 0 heterocycles. The Labute approximate surface area is 218 Å². The third-order valence-electron chi connectivity index (χ3n) is 4.45. The second-order valence-electron chi connectivity index (χ2n) is 11.8. The van der Waals surface area contributed by atoms with Gasteiger partial charge in [0.05, 0.1) is 21.1 Å². The minimum atomic E-state index is 0. The van der Waals surface area contributed by atoms with Crippen LogP contribution >= 0.6 is 15.9 Å². The van der Waals surface area contributed by atoms with Crippen molar-refractivity contribution in [3.63, 3.8) is 0 Å². The number of rotatable bonds is 3. The fourth-order valence-electron chi connectivity index (χ4n) is 2.75. The van der Waals surface area contributed by atoms with Gasteiger partial charge in [-0.3, -0.25) is 0 Å². The highest BCUT2D eigenvalue weighted by Gasteiger charge is 2.14. The molecule has 0 unspecified atom stereocenters. The van der Waals surface area contributed by atoms with Crippen LogP contribution in [0.15, 0.2) is 48.5 Å². The number of hydrogen-bond donors (Lipinski definition) is 0. The van der Waals surface area contributed by atoms with Crippen molar-refractivity contribution in [2.45, 2.75) is 64.2 Å². The van der Waals surface area contributed by atoms with Crippen LogP contribution in [0.3, 0.4) is 0 Å². The first-order chi connectivity index (χ1) is 14.0. The fraction of sp³-hybridized carbons (Fsp3) is 0.571. The Balaban J connectivity index is 0. The highest BCUT2D eigenvalue weighted by atomic mass is 79.9. The summed E-state index contributed by atoms with van der Waals surface area (Å²) in [6, 6.07) is 17.8. The van der Waals surface area contributed by atoms with Crippen molar-refractivity contribution in [1.82, 2.24) is 4.90 Å². The summed E-state index contributed by atoms with van der Waals surface area (Å²) in [5, 5.41) is 0.942. The van der Waals surface area contributed by atoms with Crippen molar-refractivity contribution < 1.29 is 21.5 Å². The molecule has 32 heavy (non-hydrogen) atoms. The molecule has 2 aromatic carbocycles.